The first-order chi connectivity index (χ1) is 8.75. The van der Waals surface area contributed by atoms with E-state index in [4.69, 9.17) is 0 Å². The largest absolute Gasteiger partial charge is 0.253 e. The van der Waals surface area contributed by atoms with Crippen LogP contribution in [0.1, 0.15) is 19.4 Å². The van der Waals surface area contributed by atoms with E-state index >= 15 is 0 Å². The zero-order valence-corrected chi connectivity index (χ0v) is 10.8. The Kier molecular flexibility index (Phi) is 4.08. The van der Waals surface area contributed by atoms with E-state index in [1.807, 2.05) is 55.5 Å². The van der Waals surface area contributed by atoms with Crippen LogP contribution in [-0.2, 0) is 0 Å². The molecule has 0 aliphatic carbocycles. The molecule has 0 heterocycles. The highest BCUT2D eigenvalue weighted by Crippen LogP contribution is 2.14. The van der Waals surface area contributed by atoms with E-state index in [9.17, 15) is 0 Å². The molecule has 0 saturated heterocycles. The maximum atomic E-state index is 4.60. The van der Waals surface area contributed by atoms with Crippen molar-refractivity contribution in [3.63, 3.8) is 0 Å². The Balaban J connectivity index is 2.21. The highest BCUT2D eigenvalue weighted by atomic mass is 14.7. The second-order valence-electron chi connectivity index (χ2n) is 4.27. The summed E-state index contributed by atoms with van der Waals surface area (Å²) in [6.45, 7) is 4.14. The van der Waals surface area contributed by atoms with Gasteiger partial charge in [-0.3, -0.25) is 4.99 Å². The van der Waals surface area contributed by atoms with Crippen molar-refractivity contribution in [3.05, 3.63) is 71.8 Å². The molecule has 1 nitrogen and oxygen atoms in total. The minimum absolute atomic E-state index is 0.996. The van der Waals surface area contributed by atoms with Crippen LogP contribution in [0.3, 0.4) is 0 Å². The van der Waals surface area contributed by atoms with Crippen LogP contribution in [0, 0.1) is 0 Å². The van der Waals surface area contributed by atoms with Crippen molar-refractivity contribution < 1.29 is 0 Å². The van der Waals surface area contributed by atoms with Crippen LogP contribution in [0.5, 0.6) is 0 Å². The van der Waals surface area contributed by atoms with E-state index < -0.39 is 0 Å². The molecule has 0 aromatic heterocycles. The minimum Gasteiger partial charge on any atom is -0.253 e. The maximum absolute atomic E-state index is 4.60. The van der Waals surface area contributed by atoms with Crippen molar-refractivity contribution in [3.8, 4) is 0 Å². The number of allylic oxidation sites excluding steroid dienone is 1. The van der Waals surface area contributed by atoms with Gasteiger partial charge in [-0.2, -0.15) is 0 Å². The number of aliphatic imine (C=N–C) groups is 1. The van der Waals surface area contributed by atoms with Crippen LogP contribution in [0.2, 0.25) is 0 Å². The molecular formula is C17H17N. The van der Waals surface area contributed by atoms with Crippen LogP contribution in [0.4, 0.5) is 5.69 Å². The zero-order valence-electron chi connectivity index (χ0n) is 10.8. The van der Waals surface area contributed by atoms with E-state index in [1.165, 1.54) is 11.1 Å². The number of nitrogens with zero attached hydrogens (tertiary/aromatic N) is 1. The molecule has 0 fully saturated rings. The molecule has 0 saturated carbocycles. The summed E-state index contributed by atoms with van der Waals surface area (Å²) in [6, 6.07) is 20.3. The predicted molar refractivity (Wildman–Crippen MR) is 79.3 cm³/mol. The van der Waals surface area contributed by atoms with Crippen molar-refractivity contribution in [1.29, 1.82) is 0 Å². The number of para-hydroxylation sites is 1. The molecule has 2 aromatic carbocycles. The van der Waals surface area contributed by atoms with Gasteiger partial charge in [-0.15, -0.1) is 0 Å². The average Bonchev–Trinajstić information content (AvgIpc) is 2.41. The van der Waals surface area contributed by atoms with E-state index in [1.54, 1.807) is 0 Å². The summed E-state index contributed by atoms with van der Waals surface area (Å²) in [7, 11) is 0. The Morgan fingerprint density at radius 2 is 1.39 bits per heavy atom. The van der Waals surface area contributed by atoms with Crippen LogP contribution in [0.25, 0.3) is 6.08 Å². The molecule has 0 atom stereocenters. The van der Waals surface area contributed by atoms with Gasteiger partial charge in [0.1, 0.15) is 0 Å². The molecule has 0 aliphatic heterocycles. The van der Waals surface area contributed by atoms with Gasteiger partial charge >= 0.3 is 0 Å². The number of hydrogen-bond acceptors (Lipinski definition) is 1. The topological polar surface area (TPSA) is 12.4 Å². The number of rotatable bonds is 3. The molecule has 18 heavy (non-hydrogen) atoms. The normalized spacial score (nSPS) is 12.6. The van der Waals surface area contributed by atoms with Crippen molar-refractivity contribution in [1.82, 2.24) is 0 Å². The average molecular weight is 235 g/mol. The predicted octanol–water partition coefficient (Wildman–Crippen LogP) is 4.88. The third-order valence-corrected chi connectivity index (χ3v) is 2.81. The summed E-state index contributed by atoms with van der Waals surface area (Å²) in [5, 5.41) is 0. The zero-order chi connectivity index (χ0) is 12.8. The van der Waals surface area contributed by atoms with Gasteiger partial charge in [0.05, 0.1) is 5.69 Å². The molecule has 1 heteroatoms. The molecule has 2 aromatic rings. The van der Waals surface area contributed by atoms with Crippen LogP contribution in [0.15, 0.2) is 71.2 Å². The quantitative estimate of drug-likeness (QED) is 0.672. The molecule has 0 aliphatic rings. The molecule has 0 N–H and O–H groups in total. The number of hydrogen-bond donors (Lipinski definition) is 0. The first-order valence-corrected chi connectivity index (χ1v) is 6.10. The van der Waals surface area contributed by atoms with Gasteiger partial charge in [0, 0.05) is 5.71 Å². The van der Waals surface area contributed by atoms with Gasteiger partial charge in [-0.1, -0.05) is 54.6 Å². The van der Waals surface area contributed by atoms with Crippen molar-refractivity contribution >= 4 is 17.5 Å². The van der Waals surface area contributed by atoms with Gasteiger partial charge in [0.25, 0.3) is 0 Å². The van der Waals surface area contributed by atoms with E-state index in [2.05, 4.69) is 30.1 Å². The number of benzene rings is 2. The molecule has 0 amide bonds. The highest BCUT2D eigenvalue weighted by molar-refractivity contribution is 6.02. The summed E-state index contributed by atoms with van der Waals surface area (Å²) in [5.41, 5.74) is 4.43. The van der Waals surface area contributed by atoms with Gasteiger partial charge in [0.2, 0.25) is 0 Å². The van der Waals surface area contributed by atoms with Crippen molar-refractivity contribution in [2.75, 3.05) is 0 Å². The lowest BCUT2D eigenvalue weighted by Gasteiger charge is -2.02. The Hall–Kier alpha value is -2.15. The Bertz CT molecular complexity index is 497. The SMILES string of the molecule is CC(=C\c1ccccc1)/C(C)=N/c1ccccc1. The fraction of sp³-hybridized carbons (Fsp3) is 0.118. The van der Waals surface area contributed by atoms with Gasteiger partial charge in [-0.25, -0.2) is 0 Å². The van der Waals surface area contributed by atoms with Crippen LogP contribution in [-0.4, -0.2) is 5.71 Å². The fourth-order valence-corrected chi connectivity index (χ4v) is 1.69. The first kappa shape index (κ1) is 12.3. The molecule has 0 unspecified atom stereocenters. The standard InChI is InChI=1S/C17H17N/c1-14(13-16-9-5-3-6-10-16)15(2)18-17-11-7-4-8-12-17/h3-13H,1-2H3/b14-13+,18-15+. The Morgan fingerprint density at radius 1 is 0.833 bits per heavy atom. The van der Waals surface area contributed by atoms with Gasteiger partial charge in [0.15, 0.2) is 0 Å². The molecule has 2 rings (SSSR count). The van der Waals surface area contributed by atoms with Crippen molar-refractivity contribution in [2.45, 2.75) is 13.8 Å². The van der Waals surface area contributed by atoms with Crippen LogP contribution < -0.4 is 0 Å². The summed E-state index contributed by atoms with van der Waals surface area (Å²) in [6.07, 6.45) is 2.15. The summed E-state index contributed by atoms with van der Waals surface area (Å²) < 4.78 is 0. The second-order valence-corrected chi connectivity index (χ2v) is 4.27. The Morgan fingerprint density at radius 3 is 2.00 bits per heavy atom. The fourth-order valence-electron chi connectivity index (χ4n) is 1.69. The minimum atomic E-state index is 0.996. The van der Waals surface area contributed by atoms with Crippen molar-refractivity contribution in [2.24, 2.45) is 4.99 Å². The maximum Gasteiger partial charge on any atom is 0.0632 e. The smallest absolute Gasteiger partial charge is 0.0632 e. The van der Waals surface area contributed by atoms with E-state index in [0.29, 0.717) is 0 Å². The molecule has 0 bridgehead atoms. The van der Waals surface area contributed by atoms with Gasteiger partial charge < -0.3 is 0 Å². The van der Waals surface area contributed by atoms with E-state index in [-0.39, 0.29) is 0 Å². The first-order valence-electron chi connectivity index (χ1n) is 6.10. The van der Waals surface area contributed by atoms with Crippen LogP contribution >= 0.6 is 0 Å². The Labute approximate surface area is 109 Å². The second kappa shape index (κ2) is 5.97. The van der Waals surface area contributed by atoms with E-state index in [0.717, 1.165) is 11.4 Å². The highest BCUT2D eigenvalue weighted by Gasteiger charge is 1.96. The summed E-state index contributed by atoms with van der Waals surface area (Å²) >= 11 is 0. The molecule has 0 spiro atoms. The monoisotopic (exact) mass is 235 g/mol. The van der Waals surface area contributed by atoms with Gasteiger partial charge in [-0.05, 0) is 37.1 Å². The third-order valence-electron chi connectivity index (χ3n) is 2.81. The lowest BCUT2D eigenvalue weighted by atomic mass is 10.1. The lowest BCUT2D eigenvalue weighted by Crippen LogP contribution is -1.92. The molecule has 90 valence electrons. The third kappa shape index (κ3) is 3.42. The molecule has 0 radical (unpaired) electrons. The summed E-state index contributed by atoms with van der Waals surface area (Å²) in [4.78, 5) is 4.60. The molecular weight excluding hydrogens is 218 g/mol. The summed E-state index contributed by atoms with van der Waals surface area (Å²) in [5.74, 6) is 0. The lowest BCUT2D eigenvalue weighted by molar-refractivity contribution is 1.46.